The minimum Gasteiger partial charge on any atom is -0.490 e. The summed E-state index contributed by atoms with van der Waals surface area (Å²) in [7, 11) is 2.23. The number of ether oxygens (including phenoxy) is 1. The van der Waals surface area contributed by atoms with Crippen LogP contribution >= 0.6 is 11.3 Å². The SMILES string of the molecule is Cc1nc2cc(C#CC(C)O)sc2c(=O)n1-c1ccc(O[C@H]2C[C@H]3CC[C@@H](C2)N3C)cc1. The van der Waals surface area contributed by atoms with E-state index in [1.807, 2.05) is 31.2 Å². The average Bonchev–Trinajstić information content (AvgIpc) is 3.24. The largest absolute Gasteiger partial charge is 0.490 e. The van der Waals surface area contributed by atoms with E-state index in [2.05, 4.69) is 28.8 Å². The Balaban J connectivity index is 1.39. The number of aryl methyl sites for hydroxylation is 1. The zero-order valence-electron chi connectivity index (χ0n) is 18.5. The second-order valence-electron chi connectivity index (χ2n) is 8.83. The number of aliphatic hydroxyl groups is 1. The van der Waals surface area contributed by atoms with Crippen molar-refractivity contribution in [2.45, 2.75) is 63.8 Å². The molecule has 2 aliphatic rings. The van der Waals surface area contributed by atoms with E-state index in [-0.39, 0.29) is 11.7 Å². The van der Waals surface area contributed by atoms with Gasteiger partial charge in [-0.05, 0) is 76.9 Å². The molecule has 3 aromatic rings. The van der Waals surface area contributed by atoms with Crippen LogP contribution in [-0.2, 0) is 0 Å². The smallest absolute Gasteiger partial charge is 0.276 e. The van der Waals surface area contributed by atoms with Gasteiger partial charge in [-0.15, -0.1) is 11.3 Å². The average molecular weight is 450 g/mol. The third kappa shape index (κ3) is 3.95. The van der Waals surface area contributed by atoms with Gasteiger partial charge in [0.2, 0.25) is 0 Å². The van der Waals surface area contributed by atoms with Gasteiger partial charge in [-0.1, -0.05) is 11.8 Å². The molecular formula is C25H27N3O3S. The van der Waals surface area contributed by atoms with Gasteiger partial charge >= 0.3 is 0 Å². The fourth-order valence-electron chi connectivity index (χ4n) is 4.96. The van der Waals surface area contributed by atoms with Crippen LogP contribution in [0.15, 0.2) is 35.1 Å². The van der Waals surface area contributed by atoms with Crippen LogP contribution in [0.3, 0.4) is 0 Å². The molecule has 1 N–H and O–H groups in total. The first-order chi connectivity index (χ1) is 15.4. The number of aromatic nitrogens is 2. The van der Waals surface area contributed by atoms with E-state index in [0.717, 1.165) is 29.2 Å². The minimum atomic E-state index is -0.711. The molecule has 32 heavy (non-hydrogen) atoms. The van der Waals surface area contributed by atoms with Crippen LogP contribution in [0.2, 0.25) is 0 Å². The molecule has 2 saturated heterocycles. The second kappa shape index (κ2) is 8.36. The van der Waals surface area contributed by atoms with Crippen LogP contribution in [0, 0.1) is 18.8 Å². The Labute approximate surface area is 191 Å². The number of benzene rings is 1. The monoisotopic (exact) mass is 449 g/mol. The predicted molar refractivity (Wildman–Crippen MR) is 127 cm³/mol. The summed E-state index contributed by atoms with van der Waals surface area (Å²) in [6.45, 7) is 3.44. The first-order valence-electron chi connectivity index (χ1n) is 11.1. The second-order valence-corrected chi connectivity index (χ2v) is 9.88. The number of nitrogens with zero attached hydrogens (tertiary/aromatic N) is 3. The molecule has 1 unspecified atom stereocenters. The molecular weight excluding hydrogens is 422 g/mol. The number of aliphatic hydroxyl groups excluding tert-OH is 1. The molecule has 0 spiro atoms. The van der Waals surface area contributed by atoms with E-state index in [1.54, 1.807) is 17.6 Å². The van der Waals surface area contributed by atoms with Crippen molar-refractivity contribution in [3.63, 3.8) is 0 Å². The summed E-state index contributed by atoms with van der Waals surface area (Å²) < 4.78 is 8.48. The van der Waals surface area contributed by atoms with Gasteiger partial charge < -0.3 is 14.7 Å². The van der Waals surface area contributed by atoms with E-state index in [0.29, 0.717) is 28.1 Å². The van der Waals surface area contributed by atoms with Crippen LogP contribution in [0.4, 0.5) is 0 Å². The molecule has 1 aromatic carbocycles. The number of piperidine rings is 1. The summed E-state index contributed by atoms with van der Waals surface area (Å²) in [6, 6.07) is 10.8. The zero-order valence-corrected chi connectivity index (χ0v) is 19.4. The molecule has 0 radical (unpaired) electrons. The lowest BCUT2D eigenvalue weighted by Gasteiger charge is -2.36. The zero-order chi connectivity index (χ0) is 22.4. The van der Waals surface area contributed by atoms with E-state index < -0.39 is 6.10 Å². The van der Waals surface area contributed by atoms with Crippen molar-refractivity contribution >= 4 is 21.6 Å². The van der Waals surface area contributed by atoms with Gasteiger partial charge in [0, 0.05) is 12.1 Å². The van der Waals surface area contributed by atoms with Crippen LogP contribution in [-0.4, -0.2) is 50.9 Å². The number of rotatable bonds is 3. The van der Waals surface area contributed by atoms with Gasteiger partial charge in [-0.3, -0.25) is 9.36 Å². The van der Waals surface area contributed by atoms with Crippen molar-refractivity contribution in [1.29, 1.82) is 0 Å². The first-order valence-corrected chi connectivity index (χ1v) is 11.9. The molecule has 7 heteroatoms. The Hall–Kier alpha value is -2.66. The highest BCUT2D eigenvalue weighted by molar-refractivity contribution is 7.19. The molecule has 0 aliphatic carbocycles. The standard InChI is InChI=1S/C25H27N3O3S/c1-15(29)4-11-22-14-23-24(32-22)25(30)28(16(2)26-23)17-7-9-20(10-8-17)31-21-12-18-5-6-19(13-21)27(18)3/h7-10,14-15,18-19,21,29H,5-6,12-13H2,1-3H3/t15?,18-,19+,21+. The lowest BCUT2D eigenvalue weighted by atomic mass is 10.0. The maximum Gasteiger partial charge on any atom is 0.276 e. The number of hydrogen-bond acceptors (Lipinski definition) is 6. The van der Waals surface area contributed by atoms with Crippen molar-refractivity contribution in [1.82, 2.24) is 14.5 Å². The topological polar surface area (TPSA) is 67.6 Å². The van der Waals surface area contributed by atoms with Gasteiger partial charge in [0.05, 0.1) is 16.1 Å². The van der Waals surface area contributed by atoms with Crippen LogP contribution < -0.4 is 10.3 Å². The van der Waals surface area contributed by atoms with Crippen molar-refractivity contribution in [2.24, 2.45) is 0 Å². The Kier molecular flexibility index (Phi) is 5.54. The van der Waals surface area contributed by atoms with E-state index in [1.165, 1.54) is 24.2 Å². The quantitative estimate of drug-likeness (QED) is 0.620. The normalized spacial score (nSPS) is 23.7. The highest BCUT2D eigenvalue weighted by atomic mass is 32.1. The fourth-order valence-corrected chi connectivity index (χ4v) is 5.84. The third-order valence-electron chi connectivity index (χ3n) is 6.57. The fraction of sp³-hybridized carbons (Fsp3) is 0.440. The lowest BCUT2D eigenvalue weighted by Crippen LogP contribution is -2.43. The first kappa shape index (κ1) is 21.2. The van der Waals surface area contributed by atoms with Crippen LogP contribution in [0.5, 0.6) is 5.75 Å². The maximum atomic E-state index is 13.2. The Bertz CT molecular complexity index is 1250. The van der Waals surface area contributed by atoms with Crippen molar-refractivity contribution < 1.29 is 9.84 Å². The molecule has 166 valence electrons. The Morgan fingerprint density at radius 1 is 1.22 bits per heavy atom. The summed E-state index contributed by atoms with van der Waals surface area (Å²) in [4.78, 5) is 21.1. The lowest BCUT2D eigenvalue weighted by molar-refractivity contribution is 0.0662. The molecule has 4 atom stereocenters. The van der Waals surface area contributed by atoms with Gasteiger partial charge in [0.25, 0.3) is 5.56 Å². The molecule has 0 saturated carbocycles. The summed E-state index contributed by atoms with van der Waals surface area (Å²) in [5.41, 5.74) is 1.30. The molecule has 2 aliphatic heterocycles. The molecule has 2 aromatic heterocycles. The number of fused-ring (bicyclic) bond motifs is 3. The van der Waals surface area contributed by atoms with E-state index in [9.17, 15) is 9.90 Å². The molecule has 5 rings (SSSR count). The maximum absolute atomic E-state index is 13.2. The number of hydrogen-bond donors (Lipinski definition) is 1. The molecule has 2 bridgehead atoms. The number of thiophene rings is 1. The molecule has 2 fully saturated rings. The third-order valence-corrected chi connectivity index (χ3v) is 7.60. The molecule has 4 heterocycles. The van der Waals surface area contributed by atoms with Crippen LogP contribution in [0.1, 0.15) is 43.3 Å². The van der Waals surface area contributed by atoms with Crippen molar-refractivity contribution in [3.8, 4) is 23.3 Å². The molecule has 0 amide bonds. The van der Waals surface area contributed by atoms with Crippen molar-refractivity contribution in [3.05, 3.63) is 51.4 Å². The van der Waals surface area contributed by atoms with Crippen LogP contribution in [0.25, 0.3) is 15.9 Å². The van der Waals surface area contributed by atoms with Crippen molar-refractivity contribution in [2.75, 3.05) is 7.05 Å². The Morgan fingerprint density at radius 2 is 1.91 bits per heavy atom. The van der Waals surface area contributed by atoms with Gasteiger partial charge in [0.1, 0.15) is 28.5 Å². The highest BCUT2D eigenvalue weighted by Crippen LogP contribution is 2.36. The van der Waals surface area contributed by atoms with E-state index in [4.69, 9.17) is 4.74 Å². The summed E-state index contributed by atoms with van der Waals surface area (Å²) in [5, 5.41) is 9.38. The van der Waals surface area contributed by atoms with Gasteiger partial charge in [-0.25, -0.2) is 4.98 Å². The minimum absolute atomic E-state index is 0.108. The van der Waals surface area contributed by atoms with Gasteiger partial charge in [0.15, 0.2) is 0 Å². The summed E-state index contributed by atoms with van der Waals surface area (Å²) >= 11 is 1.31. The summed E-state index contributed by atoms with van der Waals surface area (Å²) in [6.07, 6.45) is 4.24. The highest BCUT2D eigenvalue weighted by Gasteiger charge is 2.39. The van der Waals surface area contributed by atoms with E-state index >= 15 is 0 Å². The Morgan fingerprint density at radius 3 is 2.56 bits per heavy atom. The predicted octanol–water partition coefficient (Wildman–Crippen LogP) is 3.49. The molecule has 6 nitrogen and oxygen atoms in total. The van der Waals surface area contributed by atoms with Gasteiger partial charge in [-0.2, -0.15) is 0 Å². The summed E-state index contributed by atoms with van der Waals surface area (Å²) in [5.74, 6) is 7.09.